The van der Waals surface area contributed by atoms with Crippen molar-refractivity contribution < 1.29 is 9.90 Å². The molecule has 1 N–H and O–H groups in total. The van der Waals surface area contributed by atoms with Crippen LogP contribution in [0.3, 0.4) is 0 Å². The largest absolute Gasteiger partial charge is 0.478 e. The minimum Gasteiger partial charge on any atom is -0.478 e. The molecule has 1 atom stereocenters. The summed E-state index contributed by atoms with van der Waals surface area (Å²) in [5, 5.41) is 17.7. The summed E-state index contributed by atoms with van der Waals surface area (Å²) >= 11 is 0. The van der Waals surface area contributed by atoms with Crippen LogP contribution >= 0.6 is 0 Å². The van der Waals surface area contributed by atoms with Gasteiger partial charge >= 0.3 is 5.97 Å². The molecule has 0 aliphatic carbocycles. The second kappa shape index (κ2) is 5.44. The first-order chi connectivity index (χ1) is 10.1. The Morgan fingerprint density at radius 1 is 1.33 bits per heavy atom. The lowest BCUT2D eigenvalue weighted by atomic mass is 10.00. The zero-order valence-electron chi connectivity index (χ0n) is 12.4. The van der Waals surface area contributed by atoms with Gasteiger partial charge in [0.1, 0.15) is 0 Å². The van der Waals surface area contributed by atoms with Gasteiger partial charge in [-0.3, -0.25) is 9.30 Å². The van der Waals surface area contributed by atoms with Crippen LogP contribution in [-0.2, 0) is 0 Å². The molecule has 6 heteroatoms. The number of aromatic nitrogens is 3. The molecule has 2 aromatic rings. The van der Waals surface area contributed by atoms with Gasteiger partial charge < -0.3 is 5.11 Å². The highest BCUT2D eigenvalue weighted by molar-refractivity contribution is 5.87. The first-order valence-corrected chi connectivity index (χ1v) is 7.41. The van der Waals surface area contributed by atoms with E-state index in [-0.39, 0.29) is 11.6 Å². The van der Waals surface area contributed by atoms with Gasteiger partial charge in [-0.15, -0.1) is 10.2 Å². The summed E-state index contributed by atoms with van der Waals surface area (Å²) in [4.78, 5) is 13.6. The van der Waals surface area contributed by atoms with Crippen LogP contribution in [0, 0.1) is 0 Å². The Bertz CT molecular complexity index is 665. The van der Waals surface area contributed by atoms with Crippen molar-refractivity contribution in [1.82, 2.24) is 19.5 Å². The van der Waals surface area contributed by atoms with E-state index in [9.17, 15) is 4.79 Å². The Balaban J connectivity index is 2.06. The lowest BCUT2D eigenvalue weighted by Crippen LogP contribution is -2.39. The highest BCUT2D eigenvalue weighted by Crippen LogP contribution is 2.31. The van der Waals surface area contributed by atoms with E-state index < -0.39 is 5.97 Å². The molecule has 112 valence electrons. The standard InChI is InChI=1S/C15H20N4O2/c1-10(2)18-8-4-3-5-12(18)14-17-16-13-7-6-11(15(20)21)9-19(13)14/h6-7,9-10,12H,3-5,8H2,1-2H3,(H,20,21). The van der Waals surface area contributed by atoms with Crippen LogP contribution in [0.25, 0.3) is 5.65 Å². The number of carbonyl (C=O) groups is 1. The quantitative estimate of drug-likeness (QED) is 0.938. The number of piperidine rings is 1. The third-order valence-corrected chi connectivity index (χ3v) is 4.18. The van der Waals surface area contributed by atoms with Gasteiger partial charge in [0.15, 0.2) is 11.5 Å². The molecule has 1 fully saturated rings. The summed E-state index contributed by atoms with van der Waals surface area (Å²) in [7, 11) is 0. The number of likely N-dealkylation sites (tertiary alicyclic amines) is 1. The van der Waals surface area contributed by atoms with Crippen LogP contribution in [0.5, 0.6) is 0 Å². The van der Waals surface area contributed by atoms with Crippen LogP contribution in [0.2, 0.25) is 0 Å². The van der Waals surface area contributed by atoms with Gasteiger partial charge in [-0.1, -0.05) is 6.42 Å². The lowest BCUT2D eigenvalue weighted by molar-refractivity contribution is 0.0696. The van der Waals surface area contributed by atoms with E-state index in [0.29, 0.717) is 11.7 Å². The fourth-order valence-electron chi connectivity index (χ4n) is 3.11. The van der Waals surface area contributed by atoms with Crippen LogP contribution < -0.4 is 0 Å². The van der Waals surface area contributed by atoms with Crippen molar-refractivity contribution in [2.45, 2.75) is 45.2 Å². The van der Waals surface area contributed by atoms with Crippen molar-refractivity contribution in [3.05, 3.63) is 29.7 Å². The Labute approximate surface area is 123 Å². The number of hydrogen-bond donors (Lipinski definition) is 1. The van der Waals surface area contributed by atoms with Gasteiger partial charge in [-0.25, -0.2) is 4.79 Å². The molecule has 0 saturated carbocycles. The molecular formula is C15H20N4O2. The lowest BCUT2D eigenvalue weighted by Gasteiger charge is -2.37. The Hall–Kier alpha value is -1.95. The molecule has 0 aromatic carbocycles. The first kappa shape index (κ1) is 14.0. The summed E-state index contributed by atoms with van der Waals surface area (Å²) in [6, 6.07) is 3.92. The number of hydrogen-bond acceptors (Lipinski definition) is 4. The van der Waals surface area contributed by atoms with Crippen molar-refractivity contribution in [3.8, 4) is 0 Å². The smallest absolute Gasteiger partial charge is 0.337 e. The summed E-state index contributed by atoms with van der Waals surface area (Å²) < 4.78 is 1.83. The maximum atomic E-state index is 11.2. The van der Waals surface area contributed by atoms with Crippen LogP contribution in [0.15, 0.2) is 18.3 Å². The fourth-order valence-corrected chi connectivity index (χ4v) is 3.11. The van der Waals surface area contributed by atoms with Gasteiger partial charge in [0.25, 0.3) is 0 Å². The third-order valence-electron chi connectivity index (χ3n) is 4.18. The van der Waals surface area contributed by atoms with Gasteiger partial charge in [0.05, 0.1) is 11.6 Å². The molecule has 0 amide bonds. The summed E-state index contributed by atoms with van der Waals surface area (Å²) in [6.07, 6.45) is 5.03. The van der Waals surface area contributed by atoms with E-state index >= 15 is 0 Å². The molecule has 0 spiro atoms. The highest BCUT2D eigenvalue weighted by Gasteiger charge is 2.29. The van der Waals surface area contributed by atoms with E-state index in [1.165, 1.54) is 12.8 Å². The second-order valence-corrected chi connectivity index (χ2v) is 5.85. The van der Waals surface area contributed by atoms with E-state index in [1.54, 1.807) is 18.3 Å². The van der Waals surface area contributed by atoms with Gasteiger partial charge in [0, 0.05) is 12.2 Å². The average Bonchev–Trinajstić information content (AvgIpc) is 2.89. The number of nitrogens with zero attached hydrogens (tertiary/aromatic N) is 4. The van der Waals surface area contributed by atoms with Crippen molar-refractivity contribution in [2.75, 3.05) is 6.54 Å². The fraction of sp³-hybridized carbons (Fsp3) is 0.533. The summed E-state index contributed by atoms with van der Waals surface area (Å²) in [5.41, 5.74) is 0.958. The molecule has 3 rings (SSSR count). The summed E-state index contributed by atoms with van der Waals surface area (Å²) in [6.45, 7) is 5.42. The minimum atomic E-state index is -0.930. The van der Waals surface area contributed by atoms with E-state index in [0.717, 1.165) is 18.8 Å². The van der Waals surface area contributed by atoms with E-state index in [2.05, 4.69) is 28.9 Å². The molecule has 0 radical (unpaired) electrons. The monoisotopic (exact) mass is 288 g/mol. The zero-order chi connectivity index (χ0) is 15.0. The SMILES string of the molecule is CC(C)N1CCCCC1c1nnc2ccc(C(=O)O)cn12. The number of pyridine rings is 1. The maximum absolute atomic E-state index is 11.2. The molecule has 0 bridgehead atoms. The number of rotatable bonds is 3. The first-order valence-electron chi connectivity index (χ1n) is 7.41. The molecule has 1 unspecified atom stereocenters. The Kier molecular flexibility index (Phi) is 3.63. The average molecular weight is 288 g/mol. The topological polar surface area (TPSA) is 70.7 Å². The molecule has 3 heterocycles. The highest BCUT2D eigenvalue weighted by atomic mass is 16.4. The van der Waals surface area contributed by atoms with Gasteiger partial charge in [0.2, 0.25) is 0 Å². The predicted molar refractivity (Wildman–Crippen MR) is 78.4 cm³/mol. The summed E-state index contributed by atoms with van der Waals surface area (Å²) in [5.74, 6) is -0.0811. The number of aromatic carboxylic acids is 1. The van der Waals surface area contributed by atoms with Crippen molar-refractivity contribution >= 4 is 11.6 Å². The molecule has 2 aromatic heterocycles. The molecule has 1 saturated heterocycles. The minimum absolute atomic E-state index is 0.206. The van der Waals surface area contributed by atoms with Crippen molar-refractivity contribution in [1.29, 1.82) is 0 Å². The zero-order valence-corrected chi connectivity index (χ0v) is 12.4. The molecule has 1 aliphatic rings. The second-order valence-electron chi connectivity index (χ2n) is 5.85. The van der Waals surface area contributed by atoms with Crippen molar-refractivity contribution in [3.63, 3.8) is 0 Å². The molecule has 6 nitrogen and oxygen atoms in total. The Morgan fingerprint density at radius 3 is 2.86 bits per heavy atom. The van der Waals surface area contributed by atoms with E-state index in [1.807, 2.05) is 4.40 Å². The molecular weight excluding hydrogens is 268 g/mol. The number of carboxylic acids is 1. The number of carboxylic acid groups (broad SMARTS) is 1. The van der Waals surface area contributed by atoms with Gasteiger partial charge in [-0.2, -0.15) is 0 Å². The van der Waals surface area contributed by atoms with Crippen molar-refractivity contribution in [2.24, 2.45) is 0 Å². The molecule has 1 aliphatic heterocycles. The van der Waals surface area contributed by atoms with E-state index in [4.69, 9.17) is 5.11 Å². The van der Waals surface area contributed by atoms with Crippen LogP contribution in [0.4, 0.5) is 0 Å². The normalized spacial score (nSPS) is 20.2. The molecule has 21 heavy (non-hydrogen) atoms. The van der Waals surface area contributed by atoms with Crippen LogP contribution in [0.1, 0.15) is 55.3 Å². The third kappa shape index (κ3) is 2.51. The Morgan fingerprint density at radius 2 is 2.14 bits per heavy atom. The van der Waals surface area contributed by atoms with Gasteiger partial charge in [-0.05, 0) is 45.4 Å². The maximum Gasteiger partial charge on any atom is 0.337 e. The number of fused-ring (bicyclic) bond motifs is 1. The van der Waals surface area contributed by atoms with Crippen LogP contribution in [-0.4, -0.2) is 43.2 Å². The predicted octanol–water partition coefficient (Wildman–Crippen LogP) is 2.36.